The van der Waals surface area contributed by atoms with Crippen LogP contribution in [0.15, 0.2) is 30.3 Å². The zero-order valence-electron chi connectivity index (χ0n) is 11.1. The first kappa shape index (κ1) is 12.9. The molecule has 1 fully saturated rings. The molecule has 3 rings (SSSR count). The van der Waals surface area contributed by atoms with E-state index >= 15 is 0 Å². The van der Waals surface area contributed by atoms with Crippen LogP contribution in [0.4, 0.5) is 0 Å². The number of nitrogens with zero attached hydrogens (tertiary/aromatic N) is 1. The summed E-state index contributed by atoms with van der Waals surface area (Å²) in [6.07, 6.45) is 2.40. The molecule has 0 radical (unpaired) electrons. The van der Waals surface area contributed by atoms with Gasteiger partial charge < -0.3 is 4.74 Å². The maximum atomic E-state index is 6.07. The molecule has 0 saturated carbocycles. The SMILES string of the molecule is Cc1ccc2cc(C3OCCCC3CCl)ccc2n1. The topological polar surface area (TPSA) is 22.1 Å². The average Bonchev–Trinajstić information content (AvgIpc) is 2.46. The predicted octanol–water partition coefficient (Wildman–Crippen LogP) is 4.25. The number of fused-ring (bicyclic) bond motifs is 1. The first-order chi connectivity index (χ1) is 9.28. The summed E-state index contributed by atoms with van der Waals surface area (Å²) in [5.74, 6) is 1.08. The minimum Gasteiger partial charge on any atom is -0.373 e. The third kappa shape index (κ3) is 2.60. The van der Waals surface area contributed by atoms with Crippen LogP contribution in [0.2, 0.25) is 0 Å². The van der Waals surface area contributed by atoms with E-state index in [4.69, 9.17) is 16.3 Å². The van der Waals surface area contributed by atoms with Crippen LogP contribution in [0.3, 0.4) is 0 Å². The van der Waals surface area contributed by atoms with E-state index in [0.29, 0.717) is 11.8 Å². The minimum atomic E-state index is 0.136. The summed E-state index contributed by atoms with van der Waals surface area (Å²) in [6, 6.07) is 10.6. The Labute approximate surface area is 118 Å². The van der Waals surface area contributed by atoms with Gasteiger partial charge in [0, 0.05) is 29.5 Å². The summed E-state index contributed by atoms with van der Waals surface area (Å²) in [6.45, 7) is 2.85. The highest BCUT2D eigenvalue weighted by molar-refractivity contribution is 6.18. The number of aromatic nitrogens is 1. The van der Waals surface area contributed by atoms with Crippen LogP contribution in [0.1, 0.15) is 30.2 Å². The molecular formula is C16H18ClNO. The molecule has 0 N–H and O–H groups in total. The molecule has 1 aromatic heterocycles. The van der Waals surface area contributed by atoms with Crippen molar-refractivity contribution >= 4 is 22.5 Å². The van der Waals surface area contributed by atoms with E-state index in [2.05, 4.69) is 29.2 Å². The van der Waals surface area contributed by atoms with Gasteiger partial charge in [0.1, 0.15) is 0 Å². The second kappa shape index (κ2) is 5.48. The van der Waals surface area contributed by atoms with Gasteiger partial charge in [-0.25, -0.2) is 0 Å². The number of alkyl halides is 1. The molecule has 0 spiro atoms. The maximum Gasteiger partial charge on any atom is 0.0864 e. The van der Waals surface area contributed by atoms with Gasteiger partial charge in [-0.2, -0.15) is 0 Å². The summed E-state index contributed by atoms with van der Waals surface area (Å²) in [7, 11) is 0. The van der Waals surface area contributed by atoms with Gasteiger partial charge in [0.25, 0.3) is 0 Å². The van der Waals surface area contributed by atoms with Gasteiger partial charge in [0.05, 0.1) is 11.6 Å². The van der Waals surface area contributed by atoms with E-state index in [0.717, 1.165) is 30.7 Å². The first-order valence-electron chi connectivity index (χ1n) is 6.83. The first-order valence-corrected chi connectivity index (χ1v) is 7.36. The summed E-state index contributed by atoms with van der Waals surface area (Å²) >= 11 is 6.07. The van der Waals surface area contributed by atoms with Crippen LogP contribution in [0.5, 0.6) is 0 Å². The molecule has 0 amide bonds. The molecule has 19 heavy (non-hydrogen) atoms. The van der Waals surface area contributed by atoms with E-state index in [-0.39, 0.29) is 6.10 Å². The lowest BCUT2D eigenvalue weighted by Gasteiger charge is -2.30. The summed E-state index contributed by atoms with van der Waals surface area (Å²) < 4.78 is 5.94. The number of hydrogen-bond acceptors (Lipinski definition) is 2. The third-order valence-electron chi connectivity index (χ3n) is 3.82. The lowest BCUT2D eigenvalue weighted by atomic mass is 9.90. The highest BCUT2D eigenvalue weighted by Gasteiger charge is 2.26. The van der Waals surface area contributed by atoms with Crippen molar-refractivity contribution < 1.29 is 4.74 Å². The number of benzene rings is 1. The Morgan fingerprint density at radius 2 is 2.21 bits per heavy atom. The molecule has 2 nitrogen and oxygen atoms in total. The number of aryl methyl sites for hydroxylation is 1. The van der Waals surface area contributed by atoms with Gasteiger partial charge in [0.15, 0.2) is 0 Å². The molecule has 2 atom stereocenters. The van der Waals surface area contributed by atoms with Crippen LogP contribution in [0, 0.1) is 12.8 Å². The second-order valence-corrected chi connectivity index (χ2v) is 5.56. The van der Waals surface area contributed by atoms with E-state index in [1.807, 2.05) is 13.0 Å². The smallest absolute Gasteiger partial charge is 0.0864 e. The van der Waals surface area contributed by atoms with E-state index < -0.39 is 0 Å². The molecule has 2 unspecified atom stereocenters. The molecule has 2 aromatic rings. The highest BCUT2D eigenvalue weighted by atomic mass is 35.5. The van der Waals surface area contributed by atoms with Crippen LogP contribution in [0.25, 0.3) is 10.9 Å². The van der Waals surface area contributed by atoms with Gasteiger partial charge in [-0.05, 0) is 43.5 Å². The normalized spacial score (nSPS) is 23.7. The molecule has 2 heterocycles. The van der Waals surface area contributed by atoms with Crippen molar-refractivity contribution in [2.75, 3.05) is 12.5 Å². The van der Waals surface area contributed by atoms with Crippen molar-refractivity contribution in [1.82, 2.24) is 4.98 Å². The fraction of sp³-hybridized carbons (Fsp3) is 0.438. The quantitative estimate of drug-likeness (QED) is 0.765. The van der Waals surface area contributed by atoms with Gasteiger partial charge in [-0.1, -0.05) is 12.1 Å². The number of hydrogen-bond donors (Lipinski definition) is 0. The third-order valence-corrected chi connectivity index (χ3v) is 4.22. The van der Waals surface area contributed by atoms with E-state index in [1.54, 1.807) is 0 Å². The fourth-order valence-corrected chi connectivity index (χ4v) is 3.11. The number of rotatable bonds is 2. The summed E-state index contributed by atoms with van der Waals surface area (Å²) in [4.78, 5) is 4.53. The zero-order valence-corrected chi connectivity index (χ0v) is 11.9. The van der Waals surface area contributed by atoms with Crippen molar-refractivity contribution in [2.45, 2.75) is 25.9 Å². The fourth-order valence-electron chi connectivity index (χ4n) is 2.79. The van der Waals surface area contributed by atoms with Crippen molar-refractivity contribution in [1.29, 1.82) is 0 Å². The zero-order chi connectivity index (χ0) is 13.2. The molecule has 100 valence electrons. The van der Waals surface area contributed by atoms with Crippen molar-refractivity contribution in [2.24, 2.45) is 5.92 Å². The molecule has 1 aromatic carbocycles. The Morgan fingerprint density at radius 3 is 3.05 bits per heavy atom. The average molecular weight is 276 g/mol. The highest BCUT2D eigenvalue weighted by Crippen LogP contribution is 2.35. The summed E-state index contributed by atoms with van der Waals surface area (Å²) in [5.41, 5.74) is 3.32. The number of ether oxygens (including phenoxy) is 1. The molecule has 0 aliphatic carbocycles. The largest absolute Gasteiger partial charge is 0.373 e. The lowest BCUT2D eigenvalue weighted by molar-refractivity contribution is -0.0207. The van der Waals surface area contributed by atoms with Crippen LogP contribution >= 0.6 is 11.6 Å². The Balaban J connectivity index is 1.97. The lowest BCUT2D eigenvalue weighted by Crippen LogP contribution is -2.23. The molecule has 1 saturated heterocycles. The standard InChI is InChI=1S/C16H18ClNO/c1-11-4-5-12-9-13(6-7-15(12)18-11)16-14(10-17)3-2-8-19-16/h4-7,9,14,16H,2-3,8,10H2,1H3. The Morgan fingerprint density at radius 1 is 1.32 bits per heavy atom. The van der Waals surface area contributed by atoms with Gasteiger partial charge in [-0.15, -0.1) is 11.6 Å². The monoisotopic (exact) mass is 275 g/mol. The maximum absolute atomic E-state index is 6.07. The van der Waals surface area contributed by atoms with E-state index in [1.165, 1.54) is 10.9 Å². The van der Waals surface area contributed by atoms with Crippen molar-refractivity contribution in [3.05, 3.63) is 41.6 Å². The number of halogens is 1. The van der Waals surface area contributed by atoms with Gasteiger partial charge >= 0.3 is 0 Å². The Hall–Kier alpha value is -1.12. The summed E-state index contributed by atoms with van der Waals surface area (Å²) in [5, 5.41) is 1.17. The van der Waals surface area contributed by atoms with Gasteiger partial charge in [0.2, 0.25) is 0 Å². The molecule has 3 heteroatoms. The Kier molecular flexibility index (Phi) is 3.72. The van der Waals surface area contributed by atoms with Crippen LogP contribution < -0.4 is 0 Å². The van der Waals surface area contributed by atoms with Crippen LogP contribution in [-0.2, 0) is 4.74 Å². The number of pyridine rings is 1. The molecule has 1 aliphatic heterocycles. The van der Waals surface area contributed by atoms with E-state index in [9.17, 15) is 0 Å². The van der Waals surface area contributed by atoms with Crippen molar-refractivity contribution in [3.8, 4) is 0 Å². The Bertz CT molecular complexity index is 584. The minimum absolute atomic E-state index is 0.136. The van der Waals surface area contributed by atoms with Crippen molar-refractivity contribution in [3.63, 3.8) is 0 Å². The molecule has 0 bridgehead atoms. The molecular weight excluding hydrogens is 258 g/mol. The van der Waals surface area contributed by atoms with Gasteiger partial charge in [-0.3, -0.25) is 4.98 Å². The van der Waals surface area contributed by atoms with Crippen LogP contribution in [-0.4, -0.2) is 17.5 Å². The predicted molar refractivity (Wildman–Crippen MR) is 78.6 cm³/mol. The molecule has 1 aliphatic rings. The second-order valence-electron chi connectivity index (χ2n) is 5.25.